The summed E-state index contributed by atoms with van der Waals surface area (Å²) in [5.41, 5.74) is 7.11. The summed E-state index contributed by atoms with van der Waals surface area (Å²) in [5, 5.41) is 0. The Bertz CT molecular complexity index is 550. The lowest BCUT2D eigenvalue weighted by molar-refractivity contribution is 0.00578. The normalized spacial score (nSPS) is 20.3. The van der Waals surface area contributed by atoms with Gasteiger partial charge in [-0.25, -0.2) is 10.3 Å². The maximum absolute atomic E-state index is 12.3. The summed E-state index contributed by atoms with van der Waals surface area (Å²) in [6.07, 6.45) is 1.31. The van der Waals surface area contributed by atoms with E-state index in [-0.39, 0.29) is 23.5 Å². The van der Waals surface area contributed by atoms with Crippen LogP contribution in [0.2, 0.25) is 0 Å². The minimum absolute atomic E-state index is 0.114. The van der Waals surface area contributed by atoms with Crippen molar-refractivity contribution in [2.75, 3.05) is 0 Å². The number of hydrazine groups is 1. The molecule has 0 aliphatic carbocycles. The molecule has 22 heavy (non-hydrogen) atoms. The molecule has 0 saturated carbocycles. The lowest BCUT2D eigenvalue weighted by Crippen LogP contribution is -2.41. The average Bonchev–Trinajstić information content (AvgIpc) is 2.67. The van der Waals surface area contributed by atoms with Crippen molar-refractivity contribution in [1.29, 1.82) is 0 Å². The number of halogens is 1. The molecule has 0 aromatic heterocycles. The molecule has 1 aromatic rings. The largest absolute Gasteiger partial charge is 0.494 e. The van der Waals surface area contributed by atoms with Gasteiger partial charge in [0.05, 0.1) is 23.1 Å². The van der Waals surface area contributed by atoms with Crippen LogP contribution in [-0.2, 0) is 9.31 Å². The highest BCUT2D eigenvalue weighted by Gasteiger charge is 2.51. The van der Waals surface area contributed by atoms with Crippen molar-refractivity contribution in [2.45, 2.75) is 38.9 Å². The van der Waals surface area contributed by atoms with Gasteiger partial charge in [0.1, 0.15) is 0 Å². The number of nitrogens with zero attached hydrogens (tertiary/aromatic N) is 1. The van der Waals surface area contributed by atoms with Crippen LogP contribution in [0.5, 0.6) is 0 Å². The third kappa shape index (κ3) is 3.40. The molecule has 1 saturated heterocycles. The quantitative estimate of drug-likeness (QED) is 0.381. The fourth-order valence-corrected chi connectivity index (χ4v) is 2.20. The Labute approximate surface area is 135 Å². The molecule has 0 atom stereocenters. The van der Waals surface area contributed by atoms with Crippen LogP contribution in [-0.4, -0.2) is 22.7 Å². The van der Waals surface area contributed by atoms with E-state index < -0.39 is 7.12 Å². The first kappa shape index (κ1) is 17.1. The van der Waals surface area contributed by atoms with E-state index in [4.69, 9.17) is 20.9 Å². The first-order valence-corrected chi connectivity index (χ1v) is 7.59. The Morgan fingerprint density at radius 2 is 1.68 bits per heavy atom. The minimum Gasteiger partial charge on any atom is -0.399 e. The Morgan fingerprint density at radius 3 is 2.14 bits per heavy atom. The van der Waals surface area contributed by atoms with Crippen LogP contribution in [0.15, 0.2) is 30.5 Å². The molecule has 1 heterocycles. The summed E-state index contributed by atoms with van der Waals surface area (Å²) in [6.45, 7) is 8.03. The summed E-state index contributed by atoms with van der Waals surface area (Å²) < 4.78 is 25.0. The van der Waals surface area contributed by atoms with Gasteiger partial charge in [0.2, 0.25) is 0 Å². The van der Waals surface area contributed by atoms with E-state index in [9.17, 15) is 3.89 Å². The second-order valence-electron chi connectivity index (χ2n) is 6.22. The molecule has 0 radical (unpaired) electrons. The van der Waals surface area contributed by atoms with Gasteiger partial charge in [-0.05, 0) is 38.7 Å². The molecule has 0 unspecified atom stereocenters. The molecule has 8 heteroatoms. The summed E-state index contributed by atoms with van der Waals surface area (Å²) in [6, 6.07) is 7.40. The Balaban J connectivity index is 2.15. The number of nitrogens with two attached hydrogens (primary N) is 2. The van der Waals surface area contributed by atoms with E-state index in [1.807, 2.05) is 52.0 Å². The first-order valence-electron chi connectivity index (χ1n) is 6.92. The molecule has 1 fully saturated rings. The molecule has 1 aliphatic rings. The van der Waals surface area contributed by atoms with Crippen molar-refractivity contribution in [2.24, 2.45) is 11.6 Å². The standard InChI is InChI=1S/C14H21BFN3O2S/c1-13(2)14(3,4)21-15(20-13)11-7-5-10(6-8-11)12(17)9-19(18)22-16/h5-9H,17-18H2,1-4H3/b12-9-. The van der Waals surface area contributed by atoms with Crippen molar-refractivity contribution in [3.8, 4) is 0 Å². The van der Waals surface area contributed by atoms with Crippen molar-refractivity contribution in [3.05, 3.63) is 36.0 Å². The lowest BCUT2D eigenvalue weighted by atomic mass is 9.79. The van der Waals surface area contributed by atoms with E-state index in [0.29, 0.717) is 5.70 Å². The topological polar surface area (TPSA) is 73.7 Å². The minimum atomic E-state index is -0.420. The van der Waals surface area contributed by atoms with Crippen LogP contribution < -0.4 is 17.0 Å². The van der Waals surface area contributed by atoms with Gasteiger partial charge in [-0.3, -0.25) is 0 Å². The number of rotatable bonds is 4. The monoisotopic (exact) mass is 325 g/mol. The van der Waals surface area contributed by atoms with Gasteiger partial charge in [-0.1, -0.05) is 24.3 Å². The third-order valence-corrected chi connectivity index (χ3v) is 4.38. The molecule has 1 aromatic carbocycles. The van der Waals surface area contributed by atoms with E-state index in [1.165, 1.54) is 6.20 Å². The van der Waals surface area contributed by atoms with E-state index in [1.54, 1.807) is 0 Å². The van der Waals surface area contributed by atoms with Crippen molar-refractivity contribution < 1.29 is 13.2 Å². The van der Waals surface area contributed by atoms with Gasteiger partial charge < -0.3 is 15.0 Å². The number of hydrogen-bond donors (Lipinski definition) is 2. The van der Waals surface area contributed by atoms with Gasteiger partial charge in [0.25, 0.3) is 0 Å². The van der Waals surface area contributed by atoms with E-state index in [0.717, 1.165) is 15.4 Å². The zero-order valence-electron chi connectivity index (χ0n) is 13.2. The molecule has 1 aliphatic heterocycles. The molecule has 0 spiro atoms. The van der Waals surface area contributed by atoms with Crippen LogP contribution in [0, 0.1) is 0 Å². The zero-order chi connectivity index (χ0) is 16.5. The van der Waals surface area contributed by atoms with E-state index in [2.05, 4.69) is 0 Å². The van der Waals surface area contributed by atoms with Gasteiger partial charge in [0.15, 0.2) is 12.3 Å². The molecule has 4 N–H and O–H groups in total. The molecule has 5 nitrogen and oxygen atoms in total. The fraction of sp³-hybridized carbons (Fsp3) is 0.429. The van der Waals surface area contributed by atoms with Gasteiger partial charge in [0, 0.05) is 0 Å². The maximum Gasteiger partial charge on any atom is 0.494 e. The molecule has 2 rings (SSSR count). The Morgan fingerprint density at radius 1 is 1.18 bits per heavy atom. The number of hydrogen-bond acceptors (Lipinski definition) is 6. The third-order valence-electron chi connectivity index (χ3n) is 4.12. The van der Waals surface area contributed by atoms with E-state index >= 15 is 0 Å². The summed E-state index contributed by atoms with van der Waals surface area (Å²) in [4.78, 5) is 0. The van der Waals surface area contributed by atoms with Crippen LogP contribution in [0.4, 0.5) is 3.89 Å². The second kappa shape index (κ2) is 6.12. The highest BCUT2D eigenvalue weighted by molar-refractivity contribution is 7.91. The van der Waals surface area contributed by atoms with Crippen LogP contribution in [0.25, 0.3) is 5.70 Å². The highest BCUT2D eigenvalue weighted by Crippen LogP contribution is 2.36. The second-order valence-corrected chi connectivity index (χ2v) is 6.78. The number of benzene rings is 1. The van der Waals surface area contributed by atoms with Crippen LogP contribution in [0.1, 0.15) is 33.3 Å². The summed E-state index contributed by atoms with van der Waals surface area (Å²) in [7, 11) is -0.420. The zero-order valence-corrected chi connectivity index (χ0v) is 14.0. The first-order chi connectivity index (χ1) is 10.2. The van der Waals surface area contributed by atoms with Gasteiger partial charge in [-0.2, -0.15) is 0 Å². The predicted molar refractivity (Wildman–Crippen MR) is 89.0 cm³/mol. The molecule has 0 bridgehead atoms. The van der Waals surface area contributed by atoms with Crippen LogP contribution >= 0.6 is 12.3 Å². The average molecular weight is 325 g/mol. The molecular formula is C14H21BFN3O2S. The Hall–Kier alpha value is -1.22. The summed E-state index contributed by atoms with van der Waals surface area (Å²) in [5.74, 6) is 5.33. The predicted octanol–water partition coefficient (Wildman–Crippen LogP) is 1.95. The fourth-order valence-electron chi connectivity index (χ4n) is 2.04. The van der Waals surface area contributed by atoms with Crippen LogP contribution in [0.3, 0.4) is 0 Å². The lowest BCUT2D eigenvalue weighted by Gasteiger charge is -2.32. The van der Waals surface area contributed by atoms with Gasteiger partial charge >= 0.3 is 7.12 Å². The molecule has 0 amide bonds. The van der Waals surface area contributed by atoms with Crippen molar-refractivity contribution >= 4 is 30.6 Å². The van der Waals surface area contributed by atoms with Gasteiger partial charge in [-0.15, -0.1) is 3.89 Å². The Kier molecular flexibility index (Phi) is 4.77. The molecular weight excluding hydrogens is 304 g/mol. The SMILES string of the molecule is CC1(C)OB(c2ccc(/C(N)=C/N(N)SF)cc2)OC1(C)C. The highest BCUT2D eigenvalue weighted by atomic mass is 32.2. The maximum atomic E-state index is 12.3. The molecule has 120 valence electrons. The van der Waals surface area contributed by atoms with Crippen molar-refractivity contribution in [1.82, 2.24) is 4.41 Å². The van der Waals surface area contributed by atoms with Crippen molar-refractivity contribution in [3.63, 3.8) is 0 Å². The smallest absolute Gasteiger partial charge is 0.399 e. The summed E-state index contributed by atoms with van der Waals surface area (Å²) >= 11 is -0.114.